The second-order valence-electron chi connectivity index (χ2n) is 8.12. The van der Waals surface area contributed by atoms with Gasteiger partial charge in [-0.2, -0.15) is 0 Å². The molecule has 0 radical (unpaired) electrons. The lowest BCUT2D eigenvalue weighted by molar-refractivity contribution is 0.0502. The largest absolute Gasteiger partial charge is 0.444 e. The maximum atomic E-state index is 13.8. The van der Waals surface area contributed by atoms with E-state index in [-0.39, 0.29) is 6.42 Å². The Morgan fingerprint density at radius 2 is 1.74 bits per heavy atom. The second-order valence-corrected chi connectivity index (χ2v) is 8.56. The minimum Gasteiger partial charge on any atom is -0.444 e. The molecular weight excluding hydrogens is 422 g/mol. The van der Waals surface area contributed by atoms with Gasteiger partial charge < -0.3 is 10.1 Å². The third kappa shape index (κ3) is 6.49. The van der Waals surface area contributed by atoms with Crippen LogP contribution in [-0.4, -0.2) is 16.7 Å². The van der Waals surface area contributed by atoms with Crippen LogP contribution in [0.3, 0.4) is 0 Å². The highest BCUT2D eigenvalue weighted by atomic mass is 35.5. The standard InChI is InChI=1S/C24H23ClF2N2O2/c1-24(2,3)31-23(30)29-21(13-15-11-18(26)14-19(27)12-15)22-20(5-4-10-28-22)16-6-8-17(25)9-7-16/h4-12,14,21H,13H2,1-3H3,(H,29,30)/t21-/m0/s1. The molecule has 0 saturated carbocycles. The van der Waals surface area contributed by atoms with Gasteiger partial charge in [0.2, 0.25) is 0 Å². The highest BCUT2D eigenvalue weighted by molar-refractivity contribution is 6.30. The van der Waals surface area contributed by atoms with Crippen molar-refractivity contribution in [2.24, 2.45) is 0 Å². The third-order valence-electron chi connectivity index (χ3n) is 4.38. The van der Waals surface area contributed by atoms with Crippen molar-refractivity contribution in [3.05, 3.63) is 88.7 Å². The van der Waals surface area contributed by atoms with E-state index in [1.807, 2.05) is 18.2 Å². The van der Waals surface area contributed by atoms with Gasteiger partial charge in [-0.3, -0.25) is 4.98 Å². The molecule has 0 aliphatic rings. The second kappa shape index (κ2) is 9.43. The van der Waals surface area contributed by atoms with Crippen molar-refractivity contribution in [3.8, 4) is 11.1 Å². The molecule has 0 spiro atoms. The van der Waals surface area contributed by atoms with E-state index in [9.17, 15) is 13.6 Å². The molecule has 1 N–H and O–H groups in total. The van der Waals surface area contributed by atoms with E-state index in [4.69, 9.17) is 16.3 Å². The molecule has 1 aromatic heterocycles. The van der Waals surface area contributed by atoms with Gasteiger partial charge in [-0.05, 0) is 68.7 Å². The van der Waals surface area contributed by atoms with Crippen LogP contribution < -0.4 is 5.32 Å². The Kier molecular flexibility index (Phi) is 6.91. The number of hydrogen-bond acceptors (Lipinski definition) is 3. The Morgan fingerprint density at radius 3 is 2.35 bits per heavy atom. The van der Waals surface area contributed by atoms with Crippen molar-refractivity contribution in [3.63, 3.8) is 0 Å². The predicted molar refractivity (Wildman–Crippen MR) is 117 cm³/mol. The first-order chi connectivity index (χ1) is 14.6. The predicted octanol–water partition coefficient (Wildman–Crippen LogP) is 6.49. The number of carbonyl (C=O) groups excluding carboxylic acids is 1. The average Bonchev–Trinajstić information content (AvgIpc) is 2.66. The molecule has 1 atom stereocenters. The lowest BCUT2D eigenvalue weighted by atomic mass is 9.95. The van der Waals surface area contributed by atoms with Crippen molar-refractivity contribution < 1.29 is 18.3 Å². The van der Waals surface area contributed by atoms with Crippen LogP contribution in [0.2, 0.25) is 5.02 Å². The number of amides is 1. The van der Waals surface area contributed by atoms with Crippen LogP contribution in [0.5, 0.6) is 0 Å². The van der Waals surface area contributed by atoms with E-state index >= 15 is 0 Å². The highest BCUT2D eigenvalue weighted by Crippen LogP contribution is 2.30. The number of alkyl carbamates (subject to hydrolysis) is 1. The quantitative estimate of drug-likeness (QED) is 0.489. The molecular formula is C24H23ClF2N2O2. The van der Waals surface area contributed by atoms with E-state index in [2.05, 4.69) is 10.3 Å². The molecule has 31 heavy (non-hydrogen) atoms. The first kappa shape index (κ1) is 22.7. The van der Waals surface area contributed by atoms with Gasteiger partial charge in [0.15, 0.2) is 0 Å². The minimum atomic E-state index is -0.706. The van der Waals surface area contributed by atoms with E-state index in [0.717, 1.165) is 17.2 Å². The van der Waals surface area contributed by atoms with Gasteiger partial charge in [-0.1, -0.05) is 29.8 Å². The van der Waals surface area contributed by atoms with Gasteiger partial charge in [0.1, 0.15) is 17.2 Å². The zero-order chi connectivity index (χ0) is 22.6. The molecule has 0 fully saturated rings. The molecule has 3 aromatic rings. The third-order valence-corrected chi connectivity index (χ3v) is 4.63. The number of pyridine rings is 1. The summed E-state index contributed by atoms with van der Waals surface area (Å²) < 4.78 is 32.9. The molecule has 0 unspecified atom stereocenters. The lowest BCUT2D eigenvalue weighted by Crippen LogP contribution is -2.36. The molecule has 1 amide bonds. The Morgan fingerprint density at radius 1 is 1.10 bits per heavy atom. The van der Waals surface area contributed by atoms with E-state index in [0.29, 0.717) is 16.3 Å². The van der Waals surface area contributed by atoms with Crippen molar-refractivity contribution in [1.29, 1.82) is 0 Å². The van der Waals surface area contributed by atoms with Crippen LogP contribution in [0.15, 0.2) is 60.8 Å². The summed E-state index contributed by atoms with van der Waals surface area (Å²) in [5.74, 6) is -1.38. The number of ether oxygens (including phenoxy) is 1. The zero-order valence-corrected chi connectivity index (χ0v) is 18.2. The van der Waals surface area contributed by atoms with Gasteiger partial charge in [0.25, 0.3) is 0 Å². The van der Waals surface area contributed by atoms with Crippen molar-refractivity contribution in [2.45, 2.75) is 38.8 Å². The Bertz CT molecular complexity index is 1050. The lowest BCUT2D eigenvalue weighted by Gasteiger charge is -2.25. The van der Waals surface area contributed by atoms with Gasteiger partial charge in [0, 0.05) is 22.8 Å². The summed E-state index contributed by atoms with van der Waals surface area (Å²) in [6, 6.07) is 13.4. The fraction of sp³-hybridized carbons (Fsp3) is 0.250. The summed E-state index contributed by atoms with van der Waals surface area (Å²) in [5, 5.41) is 3.39. The molecule has 2 aromatic carbocycles. The fourth-order valence-electron chi connectivity index (χ4n) is 3.20. The van der Waals surface area contributed by atoms with Crippen molar-refractivity contribution >= 4 is 17.7 Å². The summed E-state index contributed by atoms with van der Waals surface area (Å²) >= 11 is 6.01. The topological polar surface area (TPSA) is 51.2 Å². The molecule has 4 nitrogen and oxygen atoms in total. The molecule has 0 saturated heterocycles. The smallest absolute Gasteiger partial charge is 0.408 e. The number of hydrogen-bond donors (Lipinski definition) is 1. The van der Waals surface area contributed by atoms with E-state index < -0.39 is 29.4 Å². The van der Waals surface area contributed by atoms with Crippen LogP contribution in [0.25, 0.3) is 11.1 Å². The van der Waals surface area contributed by atoms with Crippen molar-refractivity contribution in [2.75, 3.05) is 0 Å². The van der Waals surface area contributed by atoms with Gasteiger partial charge >= 0.3 is 6.09 Å². The first-order valence-corrected chi connectivity index (χ1v) is 10.1. The molecule has 1 heterocycles. The van der Waals surface area contributed by atoms with Gasteiger partial charge in [-0.15, -0.1) is 0 Å². The summed E-state index contributed by atoms with van der Waals surface area (Å²) in [6.45, 7) is 5.26. The van der Waals surface area contributed by atoms with Crippen LogP contribution >= 0.6 is 11.6 Å². The number of rotatable bonds is 5. The molecule has 7 heteroatoms. The Balaban J connectivity index is 2.01. The van der Waals surface area contributed by atoms with Crippen LogP contribution in [0.1, 0.15) is 38.1 Å². The molecule has 0 bridgehead atoms. The maximum absolute atomic E-state index is 13.8. The monoisotopic (exact) mass is 444 g/mol. The number of carbonyl (C=O) groups is 1. The fourth-order valence-corrected chi connectivity index (χ4v) is 3.33. The molecule has 0 aliphatic carbocycles. The van der Waals surface area contributed by atoms with Crippen molar-refractivity contribution in [1.82, 2.24) is 10.3 Å². The SMILES string of the molecule is CC(C)(C)OC(=O)N[C@@H](Cc1cc(F)cc(F)c1)c1ncccc1-c1ccc(Cl)cc1. The summed E-state index contributed by atoms with van der Waals surface area (Å²) in [6.07, 6.45) is 1.07. The molecule has 3 rings (SSSR count). The average molecular weight is 445 g/mol. The molecule has 162 valence electrons. The van der Waals surface area contributed by atoms with Gasteiger partial charge in [0.05, 0.1) is 11.7 Å². The number of nitrogens with zero attached hydrogens (tertiary/aromatic N) is 1. The summed E-state index contributed by atoms with van der Waals surface area (Å²) in [5.41, 5.74) is 1.82. The summed E-state index contributed by atoms with van der Waals surface area (Å²) in [7, 11) is 0. The summed E-state index contributed by atoms with van der Waals surface area (Å²) in [4.78, 5) is 17.0. The van der Waals surface area contributed by atoms with Gasteiger partial charge in [-0.25, -0.2) is 13.6 Å². The first-order valence-electron chi connectivity index (χ1n) is 9.76. The number of benzene rings is 2. The van der Waals surface area contributed by atoms with Crippen LogP contribution in [0.4, 0.5) is 13.6 Å². The van der Waals surface area contributed by atoms with Crippen LogP contribution in [-0.2, 0) is 11.2 Å². The minimum absolute atomic E-state index is 0.117. The van der Waals surface area contributed by atoms with E-state index in [1.54, 1.807) is 45.2 Å². The zero-order valence-electron chi connectivity index (χ0n) is 17.5. The Hall–Kier alpha value is -2.99. The Labute approximate surface area is 185 Å². The normalized spacial score (nSPS) is 12.3. The highest BCUT2D eigenvalue weighted by Gasteiger charge is 2.24. The van der Waals surface area contributed by atoms with Crippen LogP contribution in [0, 0.1) is 11.6 Å². The van der Waals surface area contributed by atoms with E-state index in [1.165, 1.54) is 12.1 Å². The molecule has 0 aliphatic heterocycles. The number of halogens is 3. The maximum Gasteiger partial charge on any atom is 0.408 e. The number of aromatic nitrogens is 1. The number of nitrogens with one attached hydrogen (secondary N) is 1.